The van der Waals surface area contributed by atoms with Gasteiger partial charge < -0.3 is 19.5 Å². The molecule has 2 N–H and O–H groups in total. The Bertz CT molecular complexity index is 826. The molecule has 6 nitrogen and oxygen atoms in total. The van der Waals surface area contributed by atoms with Crippen LogP contribution in [0.3, 0.4) is 0 Å². The standard InChI is InChI=1S/C17H13NO5/c19-14-7-6-12(13-9-16(17(20)21)23-18-13)8-15(14)22-10-11-4-2-1-3-5-11/h1-9,19H,10H2,(H,20,21). The maximum Gasteiger partial charge on any atom is 0.374 e. The maximum atomic E-state index is 10.8. The first kappa shape index (κ1) is 14.6. The highest BCUT2D eigenvalue weighted by Gasteiger charge is 2.14. The summed E-state index contributed by atoms with van der Waals surface area (Å²) in [6.45, 7) is 0.303. The lowest BCUT2D eigenvalue weighted by molar-refractivity contribution is 0.0652. The van der Waals surface area contributed by atoms with Gasteiger partial charge in [-0.05, 0) is 23.8 Å². The Balaban J connectivity index is 1.82. The lowest BCUT2D eigenvalue weighted by Gasteiger charge is -2.09. The van der Waals surface area contributed by atoms with E-state index in [0.717, 1.165) is 5.56 Å². The molecular formula is C17H13NO5. The number of ether oxygens (including phenoxy) is 1. The molecule has 6 heteroatoms. The third-order valence-corrected chi connectivity index (χ3v) is 3.21. The van der Waals surface area contributed by atoms with Crippen molar-refractivity contribution < 1.29 is 24.3 Å². The van der Waals surface area contributed by atoms with Crippen LogP contribution in [0, 0.1) is 0 Å². The largest absolute Gasteiger partial charge is 0.504 e. The summed E-state index contributed by atoms with van der Waals surface area (Å²) in [5.74, 6) is -1.17. The van der Waals surface area contributed by atoms with Gasteiger partial charge in [-0.15, -0.1) is 0 Å². The number of carboxylic acids is 1. The molecule has 0 unspecified atom stereocenters. The van der Waals surface area contributed by atoms with Crippen LogP contribution in [0.2, 0.25) is 0 Å². The molecular weight excluding hydrogens is 298 g/mol. The molecule has 0 amide bonds. The zero-order valence-corrected chi connectivity index (χ0v) is 12.0. The molecule has 0 fully saturated rings. The Hall–Kier alpha value is -3.28. The molecule has 3 aromatic rings. The molecule has 0 radical (unpaired) electrons. The Morgan fingerprint density at radius 2 is 1.91 bits per heavy atom. The van der Waals surface area contributed by atoms with Gasteiger partial charge >= 0.3 is 5.97 Å². The number of phenols is 1. The Kier molecular flexibility index (Phi) is 3.97. The normalized spacial score (nSPS) is 10.4. The molecule has 2 aromatic carbocycles. The zero-order chi connectivity index (χ0) is 16.2. The first-order valence-corrected chi connectivity index (χ1v) is 6.83. The molecule has 3 rings (SSSR count). The highest BCUT2D eigenvalue weighted by atomic mass is 16.5. The number of phenolic OH excluding ortho intramolecular Hbond substituents is 1. The number of nitrogens with zero attached hydrogens (tertiary/aromatic N) is 1. The monoisotopic (exact) mass is 311 g/mol. The fourth-order valence-electron chi connectivity index (χ4n) is 2.04. The molecule has 0 aliphatic heterocycles. The summed E-state index contributed by atoms with van der Waals surface area (Å²) < 4.78 is 10.3. The summed E-state index contributed by atoms with van der Waals surface area (Å²) in [5, 5.41) is 22.4. The summed E-state index contributed by atoms with van der Waals surface area (Å²) in [6, 6.07) is 15.5. The zero-order valence-electron chi connectivity index (χ0n) is 12.0. The van der Waals surface area contributed by atoms with Gasteiger partial charge in [0.1, 0.15) is 12.3 Å². The average Bonchev–Trinajstić information content (AvgIpc) is 3.05. The molecule has 0 bridgehead atoms. The molecule has 116 valence electrons. The van der Waals surface area contributed by atoms with E-state index in [-0.39, 0.29) is 17.3 Å². The van der Waals surface area contributed by atoms with E-state index in [9.17, 15) is 9.90 Å². The van der Waals surface area contributed by atoms with Crippen molar-refractivity contribution in [1.29, 1.82) is 0 Å². The SMILES string of the molecule is O=C(O)c1cc(-c2ccc(O)c(OCc3ccccc3)c2)no1. The van der Waals surface area contributed by atoms with E-state index in [4.69, 9.17) is 14.4 Å². The van der Waals surface area contributed by atoms with E-state index in [2.05, 4.69) is 5.16 Å². The third-order valence-electron chi connectivity index (χ3n) is 3.21. The van der Waals surface area contributed by atoms with E-state index < -0.39 is 5.97 Å². The van der Waals surface area contributed by atoms with Gasteiger partial charge in [0.05, 0.1) is 0 Å². The fraction of sp³-hybridized carbons (Fsp3) is 0.0588. The number of rotatable bonds is 5. The number of aromatic hydroxyl groups is 1. The van der Waals surface area contributed by atoms with Crippen LogP contribution in [0.15, 0.2) is 59.1 Å². The minimum absolute atomic E-state index is 0.00775. The number of carboxylic acid groups (broad SMARTS) is 1. The van der Waals surface area contributed by atoms with E-state index in [1.54, 1.807) is 12.1 Å². The molecule has 0 aliphatic rings. The average molecular weight is 311 g/mol. The van der Waals surface area contributed by atoms with Gasteiger partial charge in [0.2, 0.25) is 5.76 Å². The topological polar surface area (TPSA) is 92.8 Å². The van der Waals surface area contributed by atoms with Crippen molar-refractivity contribution in [1.82, 2.24) is 5.16 Å². The summed E-state index contributed by atoms with van der Waals surface area (Å²) in [6.07, 6.45) is 0. The quantitative estimate of drug-likeness (QED) is 0.751. The van der Waals surface area contributed by atoms with Crippen LogP contribution in [0.1, 0.15) is 16.1 Å². The van der Waals surface area contributed by atoms with Crippen molar-refractivity contribution in [3.05, 3.63) is 65.9 Å². The Labute approximate surface area is 131 Å². The van der Waals surface area contributed by atoms with Crippen molar-refractivity contribution in [2.24, 2.45) is 0 Å². The summed E-state index contributed by atoms with van der Waals surface area (Å²) in [4.78, 5) is 10.8. The second kappa shape index (κ2) is 6.23. The van der Waals surface area contributed by atoms with E-state index in [1.165, 1.54) is 12.1 Å². The van der Waals surface area contributed by atoms with E-state index in [1.807, 2.05) is 30.3 Å². The van der Waals surface area contributed by atoms with Gasteiger partial charge in [-0.3, -0.25) is 0 Å². The summed E-state index contributed by atoms with van der Waals surface area (Å²) in [7, 11) is 0. The van der Waals surface area contributed by atoms with Crippen molar-refractivity contribution in [3.63, 3.8) is 0 Å². The number of aromatic carboxylic acids is 1. The molecule has 1 heterocycles. The lowest BCUT2D eigenvalue weighted by Crippen LogP contribution is -1.95. The Morgan fingerprint density at radius 3 is 2.61 bits per heavy atom. The van der Waals surface area contributed by atoms with Crippen LogP contribution >= 0.6 is 0 Å². The highest BCUT2D eigenvalue weighted by molar-refractivity contribution is 5.85. The molecule has 23 heavy (non-hydrogen) atoms. The van der Waals surface area contributed by atoms with Crippen molar-refractivity contribution in [2.75, 3.05) is 0 Å². The van der Waals surface area contributed by atoms with Crippen molar-refractivity contribution in [2.45, 2.75) is 6.61 Å². The minimum atomic E-state index is -1.19. The molecule has 0 atom stereocenters. The van der Waals surface area contributed by atoms with Crippen molar-refractivity contribution in [3.8, 4) is 22.8 Å². The van der Waals surface area contributed by atoms with Gasteiger partial charge in [-0.25, -0.2) is 4.79 Å². The predicted molar refractivity (Wildman–Crippen MR) is 81.3 cm³/mol. The third kappa shape index (κ3) is 3.32. The number of benzene rings is 2. The van der Waals surface area contributed by atoms with Crippen LogP contribution in [-0.4, -0.2) is 21.3 Å². The second-order valence-electron chi connectivity index (χ2n) is 4.84. The van der Waals surface area contributed by atoms with Gasteiger partial charge in [0.25, 0.3) is 0 Å². The summed E-state index contributed by atoms with van der Waals surface area (Å²) >= 11 is 0. The second-order valence-corrected chi connectivity index (χ2v) is 4.84. The molecule has 0 aliphatic carbocycles. The highest BCUT2D eigenvalue weighted by Crippen LogP contribution is 2.32. The first-order valence-electron chi connectivity index (χ1n) is 6.83. The van der Waals surface area contributed by atoms with Crippen LogP contribution in [-0.2, 0) is 6.61 Å². The lowest BCUT2D eigenvalue weighted by atomic mass is 10.1. The molecule has 0 saturated carbocycles. The van der Waals surface area contributed by atoms with Gasteiger partial charge in [-0.2, -0.15) is 0 Å². The van der Waals surface area contributed by atoms with Crippen LogP contribution < -0.4 is 4.74 Å². The minimum Gasteiger partial charge on any atom is -0.504 e. The van der Waals surface area contributed by atoms with Crippen LogP contribution in [0.4, 0.5) is 0 Å². The van der Waals surface area contributed by atoms with Gasteiger partial charge in [0.15, 0.2) is 11.5 Å². The number of hydrogen-bond acceptors (Lipinski definition) is 5. The molecule has 0 spiro atoms. The van der Waals surface area contributed by atoms with E-state index >= 15 is 0 Å². The summed E-state index contributed by atoms with van der Waals surface area (Å²) in [5.41, 5.74) is 1.90. The van der Waals surface area contributed by atoms with Crippen LogP contribution in [0.25, 0.3) is 11.3 Å². The van der Waals surface area contributed by atoms with Crippen LogP contribution in [0.5, 0.6) is 11.5 Å². The first-order chi connectivity index (χ1) is 11.1. The Morgan fingerprint density at radius 1 is 1.13 bits per heavy atom. The fourth-order valence-corrected chi connectivity index (χ4v) is 2.04. The molecule has 1 aromatic heterocycles. The van der Waals surface area contributed by atoms with E-state index in [0.29, 0.717) is 17.9 Å². The van der Waals surface area contributed by atoms with Gasteiger partial charge in [0, 0.05) is 11.6 Å². The maximum absolute atomic E-state index is 10.8. The number of hydrogen-bond donors (Lipinski definition) is 2. The molecule has 0 saturated heterocycles. The smallest absolute Gasteiger partial charge is 0.374 e. The number of carbonyl (C=O) groups is 1. The predicted octanol–water partition coefficient (Wildman–Crippen LogP) is 3.32. The number of aromatic nitrogens is 1. The van der Waals surface area contributed by atoms with Crippen molar-refractivity contribution >= 4 is 5.97 Å². The van der Waals surface area contributed by atoms with Gasteiger partial charge in [-0.1, -0.05) is 35.5 Å².